The molecule has 0 atom stereocenters. The maximum Gasteiger partial charge on any atom is 0.200 e. The Labute approximate surface area is 269 Å². The summed E-state index contributed by atoms with van der Waals surface area (Å²) in [5, 5.41) is 3.55. The molecule has 0 aliphatic carbocycles. The van der Waals surface area contributed by atoms with Crippen LogP contribution in [0.25, 0.3) is 82.8 Å². The van der Waals surface area contributed by atoms with E-state index in [0.29, 0.717) is 21.9 Å². The maximum absolute atomic E-state index is 13.3. The van der Waals surface area contributed by atoms with Crippen molar-refractivity contribution in [1.82, 2.24) is 4.57 Å². The molecular formula is C43H25NO3. The van der Waals surface area contributed by atoms with Gasteiger partial charge in [0.15, 0.2) is 11.5 Å². The Morgan fingerprint density at radius 1 is 0.426 bits per heavy atom. The molecule has 0 bridgehead atoms. The van der Waals surface area contributed by atoms with E-state index >= 15 is 0 Å². The Morgan fingerprint density at radius 3 is 1.79 bits per heavy atom. The van der Waals surface area contributed by atoms with Crippen LogP contribution < -0.4 is 10.2 Å². The van der Waals surface area contributed by atoms with E-state index in [1.807, 2.05) is 60.7 Å². The van der Waals surface area contributed by atoms with Crippen molar-refractivity contribution in [2.45, 2.75) is 0 Å². The Balaban J connectivity index is 1.06. The first-order chi connectivity index (χ1) is 23.2. The fourth-order valence-corrected chi connectivity index (χ4v) is 7.14. The second kappa shape index (κ2) is 9.80. The van der Waals surface area contributed by atoms with Gasteiger partial charge in [0.2, 0.25) is 5.43 Å². The highest BCUT2D eigenvalue weighted by Gasteiger charge is 2.23. The monoisotopic (exact) mass is 603 g/mol. The molecule has 9 aromatic rings. The maximum atomic E-state index is 13.3. The number of para-hydroxylation sites is 4. The van der Waals surface area contributed by atoms with Gasteiger partial charge in [-0.3, -0.25) is 4.79 Å². The molecule has 0 spiro atoms. The molecule has 4 nitrogen and oxygen atoms in total. The van der Waals surface area contributed by atoms with Crippen molar-refractivity contribution in [3.05, 3.63) is 162 Å². The Bertz CT molecular complexity index is 2800. The van der Waals surface area contributed by atoms with E-state index in [2.05, 4.69) is 95.6 Å². The molecule has 2 aromatic heterocycles. The van der Waals surface area contributed by atoms with E-state index in [9.17, 15) is 4.79 Å². The van der Waals surface area contributed by atoms with E-state index in [1.54, 1.807) is 0 Å². The molecule has 0 saturated heterocycles. The van der Waals surface area contributed by atoms with Gasteiger partial charge in [-0.1, -0.05) is 84.9 Å². The fraction of sp³-hybridized carbons (Fsp3) is 0. The third-order valence-corrected chi connectivity index (χ3v) is 9.38. The number of benzene rings is 7. The highest BCUT2D eigenvalue weighted by Crippen LogP contribution is 2.46. The quantitative estimate of drug-likeness (QED) is 0.189. The average Bonchev–Trinajstić information content (AvgIpc) is 3.47. The zero-order valence-corrected chi connectivity index (χ0v) is 25.1. The number of hydrogen-bond donors (Lipinski definition) is 0. The van der Waals surface area contributed by atoms with Gasteiger partial charge in [0.1, 0.15) is 11.2 Å². The van der Waals surface area contributed by atoms with Crippen LogP contribution in [0.2, 0.25) is 0 Å². The molecule has 0 N–H and O–H groups in total. The largest absolute Gasteiger partial charge is 0.456 e. The molecule has 220 valence electrons. The lowest BCUT2D eigenvalue weighted by molar-refractivity contribution is 0.476. The van der Waals surface area contributed by atoms with Crippen molar-refractivity contribution in [1.29, 1.82) is 0 Å². The molecule has 0 fully saturated rings. The third kappa shape index (κ3) is 3.92. The van der Waals surface area contributed by atoms with Gasteiger partial charge >= 0.3 is 0 Å². The summed E-state index contributed by atoms with van der Waals surface area (Å²) in [6.45, 7) is 0. The molecule has 7 aromatic carbocycles. The molecule has 0 unspecified atom stereocenters. The summed E-state index contributed by atoms with van der Waals surface area (Å²) in [5.74, 6) is 1.74. The fourth-order valence-electron chi connectivity index (χ4n) is 7.14. The van der Waals surface area contributed by atoms with Crippen LogP contribution in [0.5, 0.6) is 11.5 Å². The predicted molar refractivity (Wildman–Crippen MR) is 191 cm³/mol. The topological polar surface area (TPSA) is 44.4 Å². The van der Waals surface area contributed by atoms with Gasteiger partial charge in [-0.05, 0) is 100 Å². The van der Waals surface area contributed by atoms with Crippen LogP contribution >= 0.6 is 0 Å². The summed E-state index contributed by atoms with van der Waals surface area (Å²) in [6, 6.07) is 51.7. The van der Waals surface area contributed by atoms with Crippen molar-refractivity contribution >= 4 is 43.7 Å². The van der Waals surface area contributed by atoms with Gasteiger partial charge in [-0.15, -0.1) is 0 Å². The van der Waals surface area contributed by atoms with E-state index in [-0.39, 0.29) is 5.43 Å². The van der Waals surface area contributed by atoms with Crippen molar-refractivity contribution in [2.24, 2.45) is 0 Å². The van der Waals surface area contributed by atoms with Gasteiger partial charge in [0.25, 0.3) is 0 Å². The minimum atomic E-state index is -0.0118. The Hall–Kier alpha value is -6.39. The number of aromatic nitrogens is 1. The first-order valence-electron chi connectivity index (χ1n) is 15.7. The Morgan fingerprint density at radius 2 is 1.00 bits per heavy atom. The predicted octanol–water partition coefficient (Wildman–Crippen LogP) is 11.1. The molecule has 47 heavy (non-hydrogen) atoms. The van der Waals surface area contributed by atoms with E-state index in [0.717, 1.165) is 61.6 Å². The molecule has 0 saturated carbocycles. The summed E-state index contributed by atoms with van der Waals surface area (Å²) >= 11 is 0. The average molecular weight is 604 g/mol. The number of ether oxygens (including phenoxy) is 1. The van der Waals surface area contributed by atoms with Crippen molar-refractivity contribution < 1.29 is 9.15 Å². The standard InChI is InChI=1S/C43H25NO3/c45-43-33-12-1-3-15-38(33)46-39-21-19-31(25-35(39)43)29-11-6-9-27(23-29)26-8-5-10-28(22-26)30-18-20-36-34(24-30)32-13-7-17-41-42(32)44(36)37-14-2-4-16-40(37)47-41/h1-25H. The van der Waals surface area contributed by atoms with Gasteiger partial charge in [-0.2, -0.15) is 0 Å². The lowest BCUT2D eigenvalue weighted by Crippen LogP contribution is -2.03. The molecule has 3 heterocycles. The minimum Gasteiger partial charge on any atom is -0.456 e. The van der Waals surface area contributed by atoms with Crippen molar-refractivity contribution in [2.75, 3.05) is 0 Å². The van der Waals surface area contributed by atoms with E-state index in [1.165, 1.54) is 10.8 Å². The van der Waals surface area contributed by atoms with Crippen LogP contribution in [-0.4, -0.2) is 4.57 Å². The van der Waals surface area contributed by atoms with E-state index in [4.69, 9.17) is 9.15 Å². The summed E-state index contributed by atoms with van der Waals surface area (Å²) in [7, 11) is 0. The van der Waals surface area contributed by atoms with Crippen molar-refractivity contribution in [3.8, 4) is 50.6 Å². The molecule has 0 amide bonds. The summed E-state index contributed by atoms with van der Waals surface area (Å²) in [6.07, 6.45) is 0. The number of fused-ring (bicyclic) bond motifs is 7. The smallest absolute Gasteiger partial charge is 0.200 e. The van der Waals surface area contributed by atoms with Crippen LogP contribution in [0.1, 0.15) is 0 Å². The second-order valence-corrected chi connectivity index (χ2v) is 12.1. The molecule has 0 radical (unpaired) electrons. The van der Waals surface area contributed by atoms with Gasteiger partial charge < -0.3 is 13.7 Å². The number of hydrogen-bond acceptors (Lipinski definition) is 3. The molecule has 4 heteroatoms. The van der Waals surface area contributed by atoms with Crippen LogP contribution in [0, 0.1) is 0 Å². The second-order valence-electron chi connectivity index (χ2n) is 12.1. The van der Waals surface area contributed by atoms with Gasteiger partial charge in [0.05, 0.1) is 27.5 Å². The third-order valence-electron chi connectivity index (χ3n) is 9.38. The summed E-state index contributed by atoms with van der Waals surface area (Å²) < 4.78 is 14.7. The summed E-state index contributed by atoms with van der Waals surface area (Å²) in [4.78, 5) is 13.3. The first kappa shape index (κ1) is 25.9. The van der Waals surface area contributed by atoms with Gasteiger partial charge in [0, 0.05) is 10.8 Å². The minimum absolute atomic E-state index is 0.0118. The molecule has 10 rings (SSSR count). The van der Waals surface area contributed by atoms with Crippen molar-refractivity contribution in [3.63, 3.8) is 0 Å². The Kier molecular flexibility index (Phi) is 5.40. The highest BCUT2D eigenvalue weighted by molar-refractivity contribution is 6.13. The molecular weight excluding hydrogens is 578 g/mol. The lowest BCUT2D eigenvalue weighted by atomic mass is 9.95. The zero-order chi connectivity index (χ0) is 31.1. The van der Waals surface area contributed by atoms with Crippen LogP contribution in [0.3, 0.4) is 0 Å². The number of nitrogens with zero attached hydrogens (tertiary/aromatic N) is 1. The van der Waals surface area contributed by atoms with Gasteiger partial charge in [-0.25, -0.2) is 0 Å². The molecule has 1 aliphatic heterocycles. The SMILES string of the molecule is O=c1c2ccccc2oc2ccc(-c3cccc(-c4cccc(-c5ccc6c(c5)c5cccc7c5n6-c5ccccc5O7)c4)c3)cc12. The highest BCUT2D eigenvalue weighted by atomic mass is 16.5. The number of rotatable bonds is 3. The van der Waals surface area contributed by atoms with Crippen LogP contribution in [-0.2, 0) is 0 Å². The normalized spacial score (nSPS) is 12.1. The molecule has 1 aliphatic rings. The van der Waals surface area contributed by atoms with Crippen LogP contribution in [0.4, 0.5) is 0 Å². The van der Waals surface area contributed by atoms with Crippen LogP contribution in [0.15, 0.2) is 161 Å². The first-order valence-corrected chi connectivity index (χ1v) is 15.7. The summed E-state index contributed by atoms with van der Waals surface area (Å²) in [5.41, 5.74) is 11.1. The van der Waals surface area contributed by atoms with E-state index < -0.39 is 0 Å². The lowest BCUT2D eigenvalue weighted by Gasteiger charge is -2.20. The zero-order valence-electron chi connectivity index (χ0n) is 25.1.